The molecule has 5 heteroatoms. The van der Waals surface area contributed by atoms with Gasteiger partial charge in [-0.3, -0.25) is 9.69 Å². The van der Waals surface area contributed by atoms with Crippen molar-refractivity contribution < 1.29 is 9.90 Å². The van der Waals surface area contributed by atoms with Crippen LogP contribution in [0.2, 0.25) is 0 Å². The SMILES string of the molecule is CCC(CC)c1ccc(CC(C)NCc2ccc(-c3csc(CN4Cc5ccccc5CC4C(=O)O)c3)cc2)cc1. The number of hydrogen-bond acceptors (Lipinski definition) is 4. The highest BCUT2D eigenvalue weighted by atomic mass is 32.1. The summed E-state index contributed by atoms with van der Waals surface area (Å²) in [6, 6.07) is 28.3. The number of benzene rings is 3. The lowest BCUT2D eigenvalue weighted by molar-refractivity contribution is -0.144. The number of nitrogens with zero attached hydrogens (tertiary/aromatic N) is 1. The minimum absolute atomic E-state index is 0.393. The van der Waals surface area contributed by atoms with E-state index in [0.29, 0.717) is 31.5 Å². The summed E-state index contributed by atoms with van der Waals surface area (Å²) in [4.78, 5) is 15.3. The second-order valence-electron chi connectivity index (χ2n) is 11.5. The molecule has 1 aromatic heterocycles. The zero-order valence-corrected chi connectivity index (χ0v) is 25.3. The first-order valence-electron chi connectivity index (χ1n) is 15.0. The number of carbonyl (C=O) groups is 1. The first-order valence-corrected chi connectivity index (χ1v) is 15.8. The minimum Gasteiger partial charge on any atom is -0.480 e. The Hall–Kier alpha value is -3.25. The summed E-state index contributed by atoms with van der Waals surface area (Å²) in [7, 11) is 0. The van der Waals surface area contributed by atoms with Crippen LogP contribution in [0.3, 0.4) is 0 Å². The fraction of sp³-hybridized carbons (Fsp3) is 0.361. The molecule has 4 nitrogen and oxygen atoms in total. The topological polar surface area (TPSA) is 52.6 Å². The van der Waals surface area contributed by atoms with Gasteiger partial charge in [0.2, 0.25) is 0 Å². The molecule has 3 aromatic carbocycles. The molecule has 2 atom stereocenters. The average Bonchev–Trinajstić information content (AvgIpc) is 3.46. The molecule has 0 amide bonds. The maximum Gasteiger partial charge on any atom is 0.321 e. The van der Waals surface area contributed by atoms with E-state index in [1.807, 2.05) is 12.1 Å². The summed E-state index contributed by atoms with van der Waals surface area (Å²) in [5, 5.41) is 15.7. The summed E-state index contributed by atoms with van der Waals surface area (Å²) in [6.07, 6.45) is 3.97. The Labute approximate surface area is 249 Å². The molecule has 1 aliphatic heterocycles. The van der Waals surface area contributed by atoms with Crippen molar-refractivity contribution in [3.05, 3.63) is 117 Å². The van der Waals surface area contributed by atoms with Crippen LogP contribution in [-0.4, -0.2) is 28.1 Å². The highest BCUT2D eigenvalue weighted by molar-refractivity contribution is 7.10. The summed E-state index contributed by atoms with van der Waals surface area (Å²) >= 11 is 1.71. The summed E-state index contributed by atoms with van der Waals surface area (Å²) in [5.74, 6) is -0.0786. The van der Waals surface area contributed by atoms with Crippen molar-refractivity contribution in [2.45, 2.75) is 84.1 Å². The van der Waals surface area contributed by atoms with E-state index in [1.54, 1.807) is 11.3 Å². The molecule has 41 heavy (non-hydrogen) atoms. The van der Waals surface area contributed by atoms with Crippen molar-refractivity contribution in [1.29, 1.82) is 0 Å². The van der Waals surface area contributed by atoms with Crippen molar-refractivity contribution >= 4 is 17.3 Å². The van der Waals surface area contributed by atoms with E-state index in [-0.39, 0.29) is 0 Å². The molecular weight excluding hydrogens is 524 g/mol. The minimum atomic E-state index is -0.746. The van der Waals surface area contributed by atoms with E-state index >= 15 is 0 Å². The van der Waals surface area contributed by atoms with Gasteiger partial charge in [-0.05, 0) is 88.9 Å². The Balaban J connectivity index is 1.14. The fourth-order valence-electron chi connectivity index (χ4n) is 6.02. The van der Waals surface area contributed by atoms with E-state index in [1.165, 1.54) is 51.1 Å². The summed E-state index contributed by atoms with van der Waals surface area (Å²) < 4.78 is 0. The van der Waals surface area contributed by atoms with Gasteiger partial charge in [0.05, 0.1) is 0 Å². The monoisotopic (exact) mass is 566 g/mol. The van der Waals surface area contributed by atoms with Gasteiger partial charge < -0.3 is 10.4 Å². The van der Waals surface area contributed by atoms with Crippen LogP contribution in [0.15, 0.2) is 84.2 Å². The third-order valence-corrected chi connectivity index (χ3v) is 9.49. The quantitative estimate of drug-likeness (QED) is 0.182. The molecule has 2 N–H and O–H groups in total. The lowest BCUT2D eigenvalue weighted by Crippen LogP contribution is -2.44. The number of carboxylic acid groups (broad SMARTS) is 1. The van der Waals surface area contributed by atoms with Gasteiger partial charge in [0.1, 0.15) is 6.04 Å². The van der Waals surface area contributed by atoms with Crippen LogP contribution in [0.4, 0.5) is 0 Å². The standard InChI is InChI=1S/C36H42N2O2S/c1-4-28(5-2)29-14-10-26(11-15-29)18-25(3)37-21-27-12-16-30(17-13-27)33-19-34(41-24-33)23-38-22-32-9-7-6-8-31(32)20-35(38)36(39)40/h6-17,19,24-25,28,35,37H,4-5,18,20-23H2,1-3H3,(H,39,40). The normalized spacial score (nSPS) is 16.0. The Kier molecular flexibility index (Phi) is 9.71. The van der Waals surface area contributed by atoms with Gasteiger partial charge in [0, 0.05) is 30.6 Å². The molecule has 0 saturated carbocycles. The Bertz CT molecular complexity index is 1420. The van der Waals surface area contributed by atoms with E-state index in [0.717, 1.165) is 18.5 Å². The van der Waals surface area contributed by atoms with Crippen molar-refractivity contribution in [3.63, 3.8) is 0 Å². The number of fused-ring (bicyclic) bond motifs is 1. The number of hydrogen-bond donors (Lipinski definition) is 2. The lowest BCUT2D eigenvalue weighted by Gasteiger charge is -2.34. The zero-order chi connectivity index (χ0) is 28.8. The van der Waals surface area contributed by atoms with Crippen molar-refractivity contribution in [1.82, 2.24) is 10.2 Å². The molecule has 0 saturated heterocycles. The predicted molar refractivity (Wildman–Crippen MR) is 170 cm³/mol. The molecule has 214 valence electrons. The van der Waals surface area contributed by atoms with Gasteiger partial charge in [0.15, 0.2) is 0 Å². The third kappa shape index (κ3) is 7.34. The van der Waals surface area contributed by atoms with Gasteiger partial charge in [-0.2, -0.15) is 0 Å². The molecule has 0 fully saturated rings. The van der Waals surface area contributed by atoms with Crippen LogP contribution >= 0.6 is 11.3 Å². The van der Waals surface area contributed by atoms with Crippen LogP contribution in [0, 0.1) is 0 Å². The molecular formula is C36H42N2O2S. The van der Waals surface area contributed by atoms with Gasteiger partial charge in [-0.1, -0.05) is 86.6 Å². The van der Waals surface area contributed by atoms with Crippen LogP contribution < -0.4 is 5.32 Å². The zero-order valence-electron chi connectivity index (χ0n) is 24.5. The second-order valence-corrected chi connectivity index (χ2v) is 12.5. The maximum atomic E-state index is 12.0. The molecule has 1 aliphatic rings. The van der Waals surface area contributed by atoms with Gasteiger partial charge in [-0.25, -0.2) is 0 Å². The smallest absolute Gasteiger partial charge is 0.321 e. The van der Waals surface area contributed by atoms with Crippen LogP contribution in [0.1, 0.15) is 72.2 Å². The molecule has 0 aliphatic carbocycles. The largest absolute Gasteiger partial charge is 0.480 e. The average molecular weight is 567 g/mol. The number of aliphatic carboxylic acids is 1. The lowest BCUT2D eigenvalue weighted by atomic mass is 9.92. The van der Waals surface area contributed by atoms with Crippen molar-refractivity contribution in [2.24, 2.45) is 0 Å². The van der Waals surface area contributed by atoms with E-state index < -0.39 is 12.0 Å². The van der Waals surface area contributed by atoms with Crippen molar-refractivity contribution in [3.8, 4) is 11.1 Å². The molecule has 4 aromatic rings. The van der Waals surface area contributed by atoms with Crippen LogP contribution in [0.25, 0.3) is 11.1 Å². The Morgan fingerprint density at radius 2 is 1.63 bits per heavy atom. The van der Waals surface area contributed by atoms with E-state index in [2.05, 4.69) is 103 Å². The highest BCUT2D eigenvalue weighted by Gasteiger charge is 2.31. The maximum absolute atomic E-state index is 12.0. The molecule has 0 radical (unpaired) electrons. The first kappa shape index (κ1) is 29.2. The molecule has 0 bridgehead atoms. The number of thiophene rings is 1. The first-order chi connectivity index (χ1) is 19.9. The van der Waals surface area contributed by atoms with Gasteiger partial charge in [0.25, 0.3) is 0 Å². The summed E-state index contributed by atoms with van der Waals surface area (Å²) in [5.41, 5.74) is 8.88. The summed E-state index contributed by atoms with van der Waals surface area (Å²) in [6.45, 7) is 8.96. The van der Waals surface area contributed by atoms with Crippen LogP contribution in [-0.2, 0) is 37.3 Å². The van der Waals surface area contributed by atoms with Crippen molar-refractivity contribution in [2.75, 3.05) is 0 Å². The number of nitrogens with one attached hydrogen (secondary N) is 1. The number of carboxylic acids is 1. The molecule has 2 unspecified atom stereocenters. The van der Waals surface area contributed by atoms with Crippen LogP contribution in [0.5, 0.6) is 0 Å². The van der Waals surface area contributed by atoms with Gasteiger partial charge >= 0.3 is 5.97 Å². The van der Waals surface area contributed by atoms with Gasteiger partial charge in [-0.15, -0.1) is 11.3 Å². The third-order valence-electron chi connectivity index (χ3n) is 8.56. The number of rotatable bonds is 12. The highest BCUT2D eigenvalue weighted by Crippen LogP contribution is 2.30. The van der Waals surface area contributed by atoms with E-state index in [9.17, 15) is 9.90 Å². The molecule has 2 heterocycles. The molecule has 0 spiro atoms. The van der Waals surface area contributed by atoms with E-state index in [4.69, 9.17) is 0 Å². The Morgan fingerprint density at radius 3 is 2.32 bits per heavy atom. The second kappa shape index (κ2) is 13.6. The molecule has 5 rings (SSSR count). The Morgan fingerprint density at radius 1 is 0.951 bits per heavy atom. The predicted octanol–water partition coefficient (Wildman–Crippen LogP) is 8.05. The fourth-order valence-corrected chi connectivity index (χ4v) is 6.94.